The zero-order valence-corrected chi connectivity index (χ0v) is 12.3. The summed E-state index contributed by atoms with van der Waals surface area (Å²) >= 11 is 1.69. The Labute approximate surface area is 127 Å². The predicted octanol–water partition coefficient (Wildman–Crippen LogP) is 4.19. The van der Waals surface area contributed by atoms with Crippen LogP contribution in [0.4, 0.5) is 0 Å². The van der Waals surface area contributed by atoms with Gasteiger partial charge in [0.15, 0.2) is 0 Å². The van der Waals surface area contributed by atoms with Crippen molar-refractivity contribution in [1.82, 2.24) is 0 Å². The van der Waals surface area contributed by atoms with Crippen LogP contribution in [0.2, 0.25) is 0 Å². The third-order valence-electron chi connectivity index (χ3n) is 4.18. The lowest BCUT2D eigenvalue weighted by Crippen LogP contribution is -2.26. The second-order valence-electron chi connectivity index (χ2n) is 5.51. The van der Waals surface area contributed by atoms with Crippen LogP contribution >= 0.6 is 11.3 Å². The molecule has 3 heteroatoms. The Morgan fingerprint density at radius 2 is 2.00 bits per heavy atom. The van der Waals surface area contributed by atoms with Crippen molar-refractivity contribution in [2.24, 2.45) is 5.92 Å². The Kier molecular flexibility index (Phi) is 3.17. The van der Waals surface area contributed by atoms with Crippen molar-refractivity contribution in [3.8, 4) is 5.75 Å². The molecule has 2 aromatic carbocycles. The quantitative estimate of drug-likeness (QED) is 0.768. The molecule has 106 valence electrons. The van der Waals surface area contributed by atoms with Crippen LogP contribution in [0.3, 0.4) is 0 Å². The van der Waals surface area contributed by atoms with Gasteiger partial charge in [0.1, 0.15) is 5.75 Å². The monoisotopic (exact) mass is 296 g/mol. The van der Waals surface area contributed by atoms with E-state index < -0.39 is 6.10 Å². The third kappa shape index (κ3) is 2.23. The number of fused-ring (bicyclic) bond motifs is 2. The minimum absolute atomic E-state index is 0.104. The van der Waals surface area contributed by atoms with Gasteiger partial charge < -0.3 is 9.84 Å². The normalized spacial score (nSPS) is 19.0. The Morgan fingerprint density at radius 3 is 2.95 bits per heavy atom. The summed E-state index contributed by atoms with van der Waals surface area (Å²) < 4.78 is 7.00. The fraction of sp³-hybridized carbons (Fsp3) is 0.222. The van der Waals surface area contributed by atoms with E-state index in [2.05, 4.69) is 23.6 Å². The molecule has 0 saturated carbocycles. The van der Waals surface area contributed by atoms with E-state index in [9.17, 15) is 5.11 Å². The molecule has 1 aliphatic heterocycles. The number of aliphatic hydroxyl groups excluding tert-OH is 1. The van der Waals surface area contributed by atoms with Gasteiger partial charge in [-0.1, -0.05) is 36.4 Å². The molecule has 0 saturated heterocycles. The number of ether oxygens (including phenoxy) is 1. The van der Waals surface area contributed by atoms with E-state index in [4.69, 9.17) is 4.74 Å². The zero-order chi connectivity index (χ0) is 14.2. The number of rotatable bonds is 2. The van der Waals surface area contributed by atoms with Gasteiger partial charge in [-0.05, 0) is 40.4 Å². The lowest BCUT2D eigenvalue weighted by atomic mass is 9.88. The van der Waals surface area contributed by atoms with E-state index in [0.29, 0.717) is 6.61 Å². The van der Waals surface area contributed by atoms with Crippen molar-refractivity contribution in [1.29, 1.82) is 0 Å². The van der Waals surface area contributed by atoms with Crippen LogP contribution in [0, 0.1) is 5.92 Å². The number of benzene rings is 2. The van der Waals surface area contributed by atoms with E-state index in [1.165, 1.54) is 15.6 Å². The molecule has 0 amide bonds. The molecular weight excluding hydrogens is 280 g/mol. The third-order valence-corrected chi connectivity index (χ3v) is 5.16. The second-order valence-corrected chi connectivity index (χ2v) is 6.43. The first kappa shape index (κ1) is 12.9. The van der Waals surface area contributed by atoms with Crippen molar-refractivity contribution < 1.29 is 9.84 Å². The number of aliphatic hydroxyl groups is 1. The summed E-state index contributed by atoms with van der Waals surface area (Å²) in [5.41, 5.74) is 2.21. The van der Waals surface area contributed by atoms with Crippen molar-refractivity contribution >= 4 is 21.4 Å². The lowest BCUT2D eigenvalue weighted by molar-refractivity contribution is 0.0656. The van der Waals surface area contributed by atoms with Crippen LogP contribution in [-0.4, -0.2) is 11.7 Å². The topological polar surface area (TPSA) is 29.5 Å². The molecule has 0 bridgehead atoms. The number of hydrogen-bond donors (Lipinski definition) is 1. The van der Waals surface area contributed by atoms with Gasteiger partial charge >= 0.3 is 0 Å². The molecule has 2 nitrogen and oxygen atoms in total. The van der Waals surface area contributed by atoms with Gasteiger partial charge in [0.2, 0.25) is 0 Å². The molecule has 2 unspecified atom stereocenters. The standard InChI is InChI=1S/C18H16O2S/c19-17(15-6-3-5-12-8-9-21-18(12)15)14-10-13-4-1-2-7-16(13)20-11-14/h1-9,14,17,19H,10-11H2. The fourth-order valence-corrected chi connectivity index (χ4v) is 4.01. The summed E-state index contributed by atoms with van der Waals surface area (Å²) in [6.45, 7) is 0.569. The lowest BCUT2D eigenvalue weighted by Gasteiger charge is -2.29. The molecule has 2 heterocycles. The van der Waals surface area contributed by atoms with E-state index >= 15 is 0 Å². The van der Waals surface area contributed by atoms with Gasteiger partial charge in [-0.3, -0.25) is 0 Å². The molecule has 0 fully saturated rings. The van der Waals surface area contributed by atoms with Crippen LogP contribution in [0.1, 0.15) is 17.2 Å². The molecule has 0 radical (unpaired) electrons. The molecule has 1 N–H and O–H groups in total. The molecule has 1 aromatic heterocycles. The fourth-order valence-electron chi connectivity index (χ4n) is 3.06. The highest BCUT2D eigenvalue weighted by Gasteiger charge is 2.28. The van der Waals surface area contributed by atoms with Crippen LogP contribution in [0.25, 0.3) is 10.1 Å². The Balaban J connectivity index is 1.67. The average molecular weight is 296 g/mol. The summed E-state index contributed by atoms with van der Waals surface area (Å²) in [4.78, 5) is 0. The molecule has 0 spiro atoms. The van der Waals surface area contributed by atoms with Crippen molar-refractivity contribution in [3.63, 3.8) is 0 Å². The highest BCUT2D eigenvalue weighted by atomic mass is 32.1. The maximum absolute atomic E-state index is 10.8. The maximum atomic E-state index is 10.8. The van der Waals surface area contributed by atoms with Gasteiger partial charge in [0.25, 0.3) is 0 Å². The molecule has 21 heavy (non-hydrogen) atoms. The van der Waals surface area contributed by atoms with Crippen LogP contribution in [0.15, 0.2) is 53.9 Å². The minimum Gasteiger partial charge on any atom is -0.493 e. The van der Waals surface area contributed by atoms with Crippen LogP contribution in [0.5, 0.6) is 5.75 Å². The van der Waals surface area contributed by atoms with Gasteiger partial charge in [0.05, 0.1) is 12.7 Å². The van der Waals surface area contributed by atoms with Crippen LogP contribution in [-0.2, 0) is 6.42 Å². The highest BCUT2D eigenvalue weighted by Crippen LogP contribution is 2.37. The summed E-state index contributed by atoms with van der Waals surface area (Å²) in [7, 11) is 0. The highest BCUT2D eigenvalue weighted by molar-refractivity contribution is 7.17. The SMILES string of the molecule is OC(c1cccc2ccsc12)C1COc2ccccc2C1. The number of hydrogen-bond acceptors (Lipinski definition) is 3. The van der Waals surface area contributed by atoms with E-state index in [0.717, 1.165) is 17.7 Å². The second kappa shape index (κ2) is 5.17. The van der Waals surface area contributed by atoms with Crippen molar-refractivity contribution in [2.45, 2.75) is 12.5 Å². The van der Waals surface area contributed by atoms with E-state index in [1.54, 1.807) is 11.3 Å². The van der Waals surface area contributed by atoms with Gasteiger partial charge in [-0.25, -0.2) is 0 Å². The Bertz CT molecular complexity index is 777. The summed E-state index contributed by atoms with van der Waals surface area (Å²) in [5.74, 6) is 1.06. The Hall–Kier alpha value is -1.84. The summed E-state index contributed by atoms with van der Waals surface area (Å²) in [6.07, 6.45) is 0.375. The van der Waals surface area contributed by atoms with Crippen LogP contribution < -0.4 is 4.74 Å². The number of thiophene rings is 1. The first-order valence-corrected chi connectivity index (χ1v) is 8.06. The molecule has 2 atom stereocenters. The zero-order valence-electron chi connectivity index (χ0n) is 11.5. The number of para-hydroxylation sites is 1. The first-order chi connectivity index (χ1) is 10.3. The van der Waals surface area contributed by atoms with E-state index in [1.807, 2.05) is 30.3 Å². The molecule has 4 rings (SSSR count). The predicted molar refractivity (Wildman–Crippen MR) is 85.9 cm³/mol. The summed E-state index contributed by atoms with van der Waals surface area (Å²) in [6, 6.07) is 16.3. The summed E-state index contributed by atoms with van der Waals surface area (Å²) in [5, 5.41) is 14.1. The molecule has 3 aromatic rings. The van der Waals surface area contributed by atoms with Gasteiger partial charge in [-0.2, -0.15) is 0 Å². The maximum Gasteiger partial charge on any atom is 0.122 e. The smallest absolute Gasteiger partial charge is 0.122 e. The van der Waals surface area contributed by atoms with Gasteiger partial charge in [0, 0.05) is 10.6 Å². The molecule has 1 aliphatic rings. The minimum atomic E-state index is -0.485. The average Bonchev–Trinajstić information content (AvgIpc) is 3.02. The Morgan fingerprint density at radius 1 is 1.10 bits per heavy atom. The largest absolute Gasteiger partial charge is 0.493 e. The van der Waals surface area contributed by atoms with E-state index in [-0.39, 0.29) is 5.92 Å². The molecule has 0 aliphatic carbocycles. The van der Waals surface area contributed by atoms with Crippen molar-refractivity contribution in [2.75, 3.05) is 6.61 Å². The van der Waals surface area contributed by atoms with Crippen molar-refractivity contribution in [3.05, 3.63) is 65.0 Å². The van der Waals surface area contributed by atoms with Gasteiger partial charge in [-0.15, -0.1) is 11.3 Å². The molecular formula is C18H16O2S. The first-order valence-electron chi connectivity index (χ1n) is 7.18.